The van der Waals surface area contributed by atoms with E-state index in [-0.39, 0.29) is 16.6 Å². The Labute approximate surface area is 192 Å². The van der Waals surface area contributed by atoms with Crippen LogP contribution >= 0.6 is 23.1 Å². The smallest absolute Gasteiger partial charge is 0.238 e. The van der Waals surface area contributed by atoms with Crippen molar-refractivity contribution in [2.45, 2.75) is 23.0 Å². The van der Waals surface area contributed by atoms with Crippen molar-refractivity contribution < 1.29 is 17.6 Å². The number of furan rings is 1. The van der Waals surface area contributed by atoms with E-state index < -0.39 is 10.0 Å². The summed E-state index contributed by atoms with van der Waals surface area (Å²) in [6, 6.07) is 13.4. The molecule has 3 heterocycles. The zero-order valence-corrected chi connectivity index (χ0v) is 19.1. The van der Waals surface area contributed by atoms with E-state index in [0.717, 1.165) is 16.5 Å². The molecule has 4 aromatic rings. The van der Waals surface area contributed by atoms with Gasteiger partial charge >= 0.3 is 0 Å². The largest absolute Gasteiger partial charge is 0.467 e. The van der Waals surface area contributed by atoms with Crippen molar-refractivity contribution in [3.8, 4) is 0 Å². The van der Waals surface area contributed by atoms with Gasteiger partial charge in [-0.15, -0.1) is 21.5 Å². The molecule has 32 heavy (non-hydrogen) atoms. The number of thioether (sulfide) groups is 1. The van der Waals surface area contributed by atoms with E-state index in [0.29, 0.717) is 23.8 Å². The lowest BCUT2D eigenvalue weighted by Crippen LogP contribution is -2.16. The van der Waals surface area contributed by atoms with Crippen molar-refractivity contribution in [3.63, 3.8) is 0 Å². The van der Waals surface area contributed by atoms with E-state index in [9.17, 15) is 13.2 Å². The number of rotatable bonds is 9. The Hall–Kier alpha value is -2.93. The van der Waals surface area contributed by atoms with E-state index in [4.69, 9.17) is 9.56 Å². The maximum absolute atomic E-state index is 12.4. The Balaban J connectivity index is 1.43. The number of anilines is 1. The van der Waals surface area contributed by atoms with Crippen LogP contribution in [0.2, 0.25) is 0 Å². The van der Waals surface area contributed by atoms with Crippen LogP contribution in [-0.4, -0.2) is 34.8 Å². The van der Waals surface area contributed by atoms with E-state index >= 15 is 0 Å². The number of amides is 1. The number of nitrogens with one attached hydrogen (secondary N) is 1. The van der Waals surface area contributed by atoms with Crippen molar-refractivity contribution in [1.82, 2.24) is 14.8 Å². The van der Waals surface area contributed by atoms with Gasteiger partial charge in [0, 0.05) is 17.0 Å². The van der Waals surface area contributed by atoms with Gasteiger partial charge in [-0.2, -0.15) is 0 Å². The summed E-state index contributed by atoms with van der Waals surface area (Å²) in [5.74, 6) is 1.39. The van der Waals surface area contributed by atoms with Crippen molar-refractivity contribution >= 4 is 44.7 Å². The predicted octanol–water partition coefficient (Wildman–Crippen LogP) is 2.95. The lowest BCUT2D eigenvalue weighted by atomic mass is 10.3. The maximum Gasteiger partial charge on any atom is 0.238 e. The zero-order chi connectivity index (χ0) is 22.6. The molecule has 0 aliphatic heterocycles. The molecule has 3 aromatic heterocycles. The highest BCUT2D eigenvalue weighted by molar-refractivity contribution is 7.99. The van der Waals surface area contributed by atoms with Crippen LogP contribution in [0.3, 0.4) is 0 Å². The molecule has 1 aromatic carbocycles. The summed E-state index contributed by atoms with van der Waals surface area (Å²) in [4.78, 5) is 13.6. The summed E-state index contributed by atoms with van der Waals surface area (Å²) in [6.07, 6.45) is 2.24. The van der Waals surface area contributed by atoms with Crippen LogP contribution in [0.5, 0.6) is 0 Å². The van der Waals surface area contributed by atoms with Crippen LogP contribution in [0, 0.1) is 0 Å². The molecule has 0 fully saturated rings. The fourth-order valence-electron chi connectivity index (χ4n) is 2.90. The van der Waals surface area contributed by atoms with Gasteiger partial charge in [-0.25, -0.2) is 13.6 Å². The Morgan fingerprint density at radius 2 is 1.97 bits per heavy atom. The van der Waals surface area contributed by atoms with Gasteiger partial charge < -0.3 is 9.73 Å². The summed E-state index contributed by atoms with van der Waals surface area (Å²) >= 11 is 2.90. The third-order valence-corrected chi connectivity index (χ3v) is 7.17. The SMILES string of the molecule is NS(=O)(=O)c1ccc(NC(=O)CSc2nnc(Cc3cccs3)n2Cc2ccco2)cc1. The normalized spacial score (nSPS) is 11.5. The average molecular weight is 490 g/mol. The lowest BCUT2D eigenvalue weighted by Gasteiger charge is -2.09. The number of nitrogens with two attached hydrogens (primary N) is 1. The molecular weight excluding hydrogens is 470 g/mol. The maximum atomic E-state index is 12.4. The van der Waals surface area contributed by atoms with Gasteiger partial charge in [-0.3, -0.25) is 9.36 Å². The fraction of sp³-hybridized carbons (Fsp3) is 0.150. The molecule has 0 unspecified atom stereocenters. The summed E-state index contributed by atoms with van der Waals surface area (Å²) in [5.41, 5.74) is 0.471. The Kier molecular flexibility index (Phi) is 6.74. The number of carbonyl (C=O) groups excluding carboxylic acids is 1. The van der Waals surface area contributed by atoms with E-state index in [1.807, 2.05) is 34.2 Å². The predicted molar refractivity (Wildman–Crippen MR) is 122 cm³/mol. The highest BCUT2D eigenvalue weighted by atomic mass is 32.2. The molecule has 0 spiro atoms. The van der Waals surface area contributed by atoms with E-state index in [1.54, 1.807) is 17.6 Å². The monoisotopic (exact) mass is 489 g/mol. The average Bonchev–Trinajstić information content (AvgIpc) is 3.51. The molecule has 0 saturated heterocycles. The van der Waals surface area contributed by atoms with E-state index in [2.05, 4.69) is 15.5 Å². The molecule has 4 rings (SSSR count). The molecule has 0 bridgehead atoms. The number of nitrogens with zero attached hydrogens (tertiary/aromatic N) is 3. The third-order valence-electron chi connectivity index (χ3n) is 4.40. The van der Waals surface area contributed by atoms with Crippen LogP contribution in [0.1, 0.15) is 16.5 Å². The Morgan fingerprint density at radius 3 is 2.62 bits per heavy atom. The van der Waals surface area contributed by atoms with Crippen molar-refractivity contribution in [2.75, 3.05) is 11.1 Å². The summed E-state index contributed by atoms with van der Waals surface area (Å²) in [5, 5.41) is 19.0. The van der Waals surface area contributed by atoms with Gasteiger partial charge in [-0.1, -0.05) is 17.8 Å². The second kappa shape index (κ2) is 9.69. The first kappa shape index (κ1) is 22.3. The molecule has 0 saturated carbocycles. The van der Waals surface area contributed by atoms with Gasteiger partial charge in [0.2, 0.25) is 15.9 Å². The number of primary sulfonamides is 1. The second-order valence-corrected chi connectivity index (χ2v) is 10.3. The first-order chi connectivity index (χ1) is 15.4. The van der Waals surface area contributed by atoms with Crippen LogP contribution < -0.4 is 10.5 Å². The molecule has 0 aliphatic carbocycles. The molecule has 0 atom stereocenters. The Bertz CT molecular complexity index is 1280. The second-order valence-electron chi connectivity index (χ2n) is 6.73. The summed E-state index contributed by atoms with van der Waals surface area (Å²) < 4.78 is 30.1. The molecule has 0 radical (unpaired) electrons. The summed E-state index contributed by atoms with van der Waals surface area (Å²) in [7, 11) is -3.78. The fourth-order valence-corrected chi connectivity index (χ4v) is 4.87. The highest BCUT2D eigenvalue weighted by Gasteiger charge is 2.17. The highest BCUT2D eigenvalue weighted by Crippen LogP contribution is 2.22. The van der Waals surface area contributed by atoms with Crippen molar-refractivity contribution in [2.24, 2.45) is 5.14 Å². The molecule has 9 nitrogen and oxygen atoms in total. The van der Waals surface area contributed by atoms with Gasteiger partial charge in [0.05, 0.1) is 23.5 Å². The molecule has 166 valence electrons. The molecule has 12 heteroatoms. The third kappa shape index (κ3) is 5.65. The van der Waals surface area contributed by atoms with Crippen LogP contribution in [0.25, 0.3) is 0 Å². The van der Waals surface area contributed by atoms with Crippen LogP contribution in [0.4, 0.5) is 5.69 Å². The lowest BCUT2D eigenvalue weighted by molar-refractivity contribution is -0.113. The number of benzene rings is 1. The summed E-state index contributed by atoms with van der Waals surface area (Å²) in [6.45, 7) is 0.458. The number of hydrogen-bond acceptors (Lipinski definition) is 8. The standard InChI is InChI=1S/C20H19N5O4S3/c21-32(27,28)17-7-5-14(6-8-17)22-19(26)13-31-20-24-23-18(11-16-4-2-10-30-16)25(20)12-15-3-1-9-29-15/h1-10H,11-13H2,(H,22,26)(H2,21,27,28). The van der Waals surface area contributed by atoms with Crippen molar-refractivity contribution in [3.05, 3.63) is 76.6 Å². The number of hydrogen-bond donors (Lipinski definition) is 2. The van der Waals surface area contributed by atoms with Crippen molar-refractivity contribution in [1.29, 1.82) is 0 Å². The first-order valence-electron chi connectivity index (χ1n) is 9.41. The molecular formula is C20H19N5O4S3. The molecule has 1 amide bonds. The number of aromatic nitrogens is 3. The Morgan fingerprint density at radius 1 is 1.16 bits per heavy atom. The molecule has 0 aliphatic rings. The molecule has 3 N–H and O–H groups in total. The van der Waals surface area contributed by atoms with Gasteiger partial charge in [0.1, 0.15) is 11.6 Å². The topological polar surface area (TPSA) is 133 Å². The van der Waals surface area contributed by atoms with Gasteiger partial charge in [0.15, 0.2) is 5.16 Å². The van der Waals surface area contributed by atoms with Gasteiger partial charge in [0.25, 0.3) is 0 Å². The minimum Gasteiger partial charge on any atom is -0.467 e. The first-order valence-corrected chi connectivity index (χ1v) is 12.8. The minimum absolute atomic E-state index is 0.0193. The van der Waals surface area contributed by atoms with Crippen LogP contribution in [0.15, 0.2) is 74.6 Å². The number of thiophene rings is 1. The number of sulfonamides is 1. The van der Waals surface area contributed by atoms with Gasteiger partial charge in [-0.05, 0) is 47.8 Å². The minimum atomic E-state index is -3.78. The zero-order valence-electron chi connectivity index (χ0n) is 16.7. The van der Waals surface area contributed by atoms with Crippen LogP contribution in [-0.2, 0) is 27.8 Å². The van der Waals surface area contributed by atoms with E-state index in [1.165, 1.54) is 36.0 Å². The number of carbonyl (C=O) groups is 1. The quantitative estimate of drug-likeness (QED) is 0.345.